The van der Waals surface area contributed by atoms with Crippen LogP contribution in [0.15, 0.2) is 51.8 Å². The molecule has 0 radical (unpaired) electrons. The van der Waals surface area contributed by atoms with Crippen LogP contribution in [0.25, 0.3) is 0 Å². The van der Waals surface area contributed by atoms with E-state index in [2.05, 4.69) is 26.6 Å². The van der Waals surface area contributed by atoms with Gasteiger partial charge in [0.15, 0.2) is 0 Å². The number of rotatable bonds is 7. The lowest BCUT2D eigenvalue weighted by Gasteiger charge is -2.09. The molecule has 0 bridgehead atoms. The molecule has 25 heavy (non-hydrogen) atoms. The second-order valence-corrected chi connectivity index (χ2v) is 7.86. The van der Waals surface area contributed by atoms with Gasteiger partial charge in [-0.05, 0) is 55.0 Å². The van der Waals surface area contributed by atoms with Gasteiger partial charge in [0.2, 0.25) is 11.8 Å². The zero-order chi connectivity index (χ0) is 18.2. The number of hydrogen-bond acceptors (Lipinski definition) is 3. The Hall–Kier alpha value is -1.50. The Balaban J connectivity index is 1.68. The molecule has 2 rings (SSSR count). The van der Waals surface area contributed by atoms with Crippen molar-refractivity contribution in [1.29, 1.82) is 0 Å². The fraction of sp³-hybridized carbons (Fsp3) is 0.222. The SMILES string of the molecule is Cc1cc(Br)ccc1NC(=O)CNC(=O)CCSc1ccc(Cl)cc1. The highest BCUT2D eigenvalue weighted by Crippen LogP contribution is 2.21. The normalized spacial score (nSPS) is 10.4. The van der Waals surface area contributed by atoms with E-state index in [0.717, 1.165) is 20.6 Å². The van der Waals surface area contributed by atoms with Crippen LogP contribution < -0.4 is 10.6 Å². The van der Waals surface area contributed by atoms with E-state index < -0.39 is 0 Å². The van der Waals surface area contributed by atoms with Crippen LogP contribution in [0.3, 0.4) is 0 Å². The standard InChI is InChI=1S/C18H18BrClN2O2S/c1-12-10-13(19)2-7-16(12)22-18(24)11-21-17(23)8-9-25-15-5-3-14(20)4-6-15/h2-7,10H,8-9,11H2,1H3,(H,21,23)(H,22,24). The van der Waals surface area contributed by atoms with Gasteiger partial charge in [0.1, 0.15) is 0 Å². The first-order valence-corrected chi connectivity index (χ1v) is 9.81. The number of carbonyl (C=O) groups excluding carboxylic acids is 2. The van der Waals surface area contributed by atoms with Gasteiger partial charge in [-0.25, -0.2) is 0 Å². The topological polar surface area (TPSA) is 58.2 Å². The van der Waals surface area contributed by atoms with Crippen molar-refractivity contribution >= 4 is 56.8 Å². The number of aryl methyl sites for hydroxylation is 1. The lowest BCUT2D eigenvalue weighted by Crippen LogP contribution is -2.33. The number of carbonyl (C=O) groups is 2. The maximum absolute atomic E-state index is 11.9. The van der Waals surface area contributed by atoms with Crippen molar-refractivity contribution in [2.24, 2.45) is 0 Å². The first-order chi connectivity index (χ1) is 11.9. The van der Waals surface area contributed by atoms with Crippen LogP contribution in [0, 0.1) is 6.92 Å². The third-order valence-corrected chi connectivity index (χ3v) is 5.08. The minimum Gasteiger partial charge on any atom is -0.347 e. The predicted molar refractivity (Wildman–Crippen MR) is 107 cm³/mol. The molecule has 2 aromatic carbocycles. The molecule has 7 heteroatoms. The smallest absolute Gasteiger partial charge is 0.243 e. The molecule has 0 saturated heterocycles. The molecule has 4 nitrogen and oxygen atoms in total. The molecule has 0 fully saturated rings. The largest absolute Gasteiger partial charge is 0.347 e. The summed E-state index contributed by atoms with van der Waals surface area (Å²) in [7, 11) is 0. The molecule has 0 unspecified atom stereocenters. The average Bonchev–Trinajstić information content (AvgIpc) is 2.57. The summed E-state index contributed by atoms with van der Waals surface area (Å²) in [6, 6.07) is 13.1. The molecular weight excluding hydrogens is 424 g/mol. The van der Waals surface area contributed by atoms with Crippen molar-refractivity contribution in [2.45, 2.75) is 18.2 Å². The van der Waals surface area contributed by atoms with E-state index in [0.29, 0.717) is 17.2 Å². The third-order valence-electron chi connectivity index (χ3n) is 3.32. The monoisotopic (exact) mass is 440 g/mol. The summed E-state index contributed by atoms with van der Waals surface area (Å²) in [6.07, 6.45) is 0.345. The van der Waals surface area contributed by atoms with Crippen LogP contribution in [0.2, 0.25) is 5.02 Å². The molecule has 0 aliphatic carbocycles. The molecule has 0 spiro atoms. The molecule has 2 amide bonds. The minimum atomic E-state index is -0.246. The molecule has 0 atom stereocenters. The van der Waals surface area contributed by atoms with Crippen LogP contribution in [-0.4, -0.2) is 24.1 Å². The maximum Gasteiger partial charge on any atom is 0.243 e. The van der Waals surface area contributed by atoms with E-state index in [1.807, 2.05) is 49.4 Å². The lowest BCUT2D eigenvalue weighted by molar-refractivity contribution is -0.123. The quantitative estimate of drug-likeness (QED) is 0.615. The minimum absolute atomic E-state index is 0.0417. The molecule has 0 aromatic heterocycles. The van der Waals surface area contributed by atoms with Gasteiger partial charge in [-0.3, -0.25) is 9.59 Å². The van der Waals surface area contributed by atoms with Crippen molar-refractivity contribution in [3.05, 3.63) is 57.5 Å². The number of halogens is 2. The highest BCUT2D eigenvalue weighted by molar-refractivity contribution is 9.10. The fourth-order valence-corrected chi connectivity index (χ4v) is 3.47. The molecule has 0 saturated carbocycles. The Morgan fingerprint density at radius 2 is 1.84 bits per heavy atom. The predicted octanol–water partition coefficient (Wildman–Crippen LogP) is 4.65. The number of amides is 2. The Labute approximate surface area is 164 Å². The molecule has 2 N–H and O–H groups in total. The number of anilines is 1. The summed E-state index contributed by atoms with van der Waals surface area (Å²) < 4.78 is 0.953. The molecule has 0 heterocycles. The van der Waals surface area contributed by atoms with Crippen molar-refractivity contribution in [3.63, 3.8) is 0 Å². The zero-order valence-corrected chi connectivity index (χ0v) is 16.8. The summed E-state index contributed by atoms with van der Waals surface area (Å²) in [5, 5.41) is 6.11. The van der Waals surface area contributed by atoms with Crippen molar-refractivity contribution in [2.75, 3.05) is 17.6 Å². The molecule has 2 aromatic rings. The van der Waals surface area contributed by atoms with Crippen LogP contribution in [0.4, 0.5) is 5.69 Å². The Kier molecular flexibility index (Phi) is 7.81. The summed E-state index contributed by atoms with van der Waals surface area (Å²) in [6.45, 7) is 1.87. The second-order valence-electron chi connectivity index (χ2n) is 5.34. The number of benzene rings is 2. The highest BCUT2D eigenvalue weighted by Gasteiger charge is 2.08. The van der Waals surface area contributed by atoms with Gasteiger partial charge < -0.3 is 10.6 Å². The maximum atomic E-state index is 11.9. The zero-order valence-electron chi connectivity index (χ0n) is 13.6. The van der Waals surface area contributed by atoms with Gasteiger partial charge in [0, 0.05) is 32.3 Å². The van der Waals surface area contributed by atoms with Crippen LogP contribution in [-0.2, 0) is 9.59 Å². The molecule has 132 valence electrons. The first kappa shape index (κ1) is 19.8. The van der Waals surface area contributed by atoms with E-state index >= 15 is 0 Å². The van der Waals surface area contributed by atoms with Crippen molar-refractivity contribution in [3.8, 4) is 0 Å². The van der Waals surface area contributed by atoms with E-state index in [4.69, 9.17) is 11.6 Å². The highest BCUT2D eigenvalue weighted by atomic mass is 79.9. The summed E-state index contributed by atoms with van der Waals surface area (Å²) >= 11 is 10.8. The molecular formula is C18H18BrClN2O2S. The van der Waals surface area contributed by atoms with Gasteiger partial charge in [-0.1, -0.05) is 27.5 Å². The van der Waals surface area contributed by atoms with Gasteiger partial charge >= 0.3 is 0 Å². The van der Waals surface area contributed by atoms with E-state index in [-0.39, 0.29) is 18.4 Å². The summed E-state index contributed by atoms with van der Waals surface area (Å²) in [5.74, 6) is 0.245. The van der Waals surface area contributed by atoms with E-state index in [1.165, 1.54) is 0 Å². The lowest BCUT2D eigenvalue weighted by atomic mass is 10.2. The van der Waals surface area contributed by atoms with Gasteiger partial charge in [0.05, 0.1) is 6.54 Å². The summed E-state index contributed by atoms with van der Waals surface area (Å²) in [5.41, 5.74) is 1.69. The Morgan fingerprint density at radius 1 is 1.12 bits per heavy atom. The van der Waals surface area contributed by atoms with E-state index in [1.54, 1.807) is 11.8 Å². The third kappa shape index (κ3) is 7.10. The summed E-state index contributed by atoms with van der Waals surface area (Å²) in [4.78, 5) is 24.8. The van der Waals surface area contributed by atoms with Gasteiger partial charge in [-0.15, -0.1) is 11.8 Å². The average molecular weight is 442 g/mol. The molecule has 0 aliphatic heterocycles. The number of hydrogen-bond donors (Lipinski definition) is 2. The fourth-order valence-electron chi connectivity index (χ4n) is 2.02. The Morgan fingerprint density at radius 3 is 2.52 bits per heavy atom. The first-order valence-electron chi connectivity index (χ1n) is 7.65. The van der Waals surface area contributed by atoms with Gasteiger partial charge in [0.25, 0.3) is 0 Å². The Bertz CT molecular complexity index is 753. The van der Waals surface area contributed by atoms with Crippen molar-refractivity contribution < 1.29 is 9.59 Å². The van der Waals surface area contributed by atoms with Crippen LogP contribution >= 0.6 is 39.3 Å². The van der Waals surface area contributed by atoms with Crippen molar-refractivity contribution in [1.82, 2.24) is 5.32 Å². The van der Waals surface area contributed by atoms with Crippen LogP contribution in [0.5, 0.6) is 0 Å². The number of thioether (sulfide) groups is 1. The second kappa shape index (κ2) is 9.85. The number of nitrogens with one attached hydrogen (secondary N) is 2. The van der Waals surface area contributed by atoms with Gasteiger partial charge in [-0.2, -0.15) is 0 Å². The van der Waals surface area contributed by atoms with Crippen LogP contribution in [0.1, 0.15) is 12.0 Å². The van der Waals surface area contributed by atoms with E-state index in [9.17, 15) is 9.59 Å². The molecule has 0 aliphatic rings.